The molecule has 0 fully saturated rings. The summed E-state index contributed by atoms with van der Waals surface area (Å²) in [7, 11) is 1.30. The summed E-state index contributed by atoms with van der Waals surface area (Å²) in [5.41, 5.74) is 0.421. The Morgan fingerprint density at radius 3 is 2.24 bits per heavy atom. The van der Waals surface area contributed by atoms with Crippen LogP contribution in [-0.2, 0) is 15.2 Å². The van der Waals surface area contributed by atoms with Crippen LogP contribution in [0, 0.1) is 5.92 Å². The zero-order chi connectivity index (χ0) is 21.6. The summed E-state index contributed by atoms with van der Waals surface area (Å²) in [6, 6.07) is 5.01. The highest BCUT2D eigenvalue weighted by atomic mass is 35.7. The van der Waals surface area contributed by atoms with E-state index in [9.17, 15) is 26.0 Å². The van der Waals surface area contributed by atoms with Crippen LogP contribution >= 0.6 is 22.3 Å². The molecule has 0 radical (unpaired) electrons. The SMILES string of the molecule is CC1C=C(c2nc(C(F)(F)F)nc(Cl)c2-c2ccc(S(=O)(=O)Cl)cc2)C=CC1F. The number of nitrogens with zero attached hydrogens (tertiary/aromatic N) is 2. The van der Waals surface area contributed by atoms with E-state index >= 15 is 0 Å². The third-order valence-electron chi connectivity index (χ3n) is 4.22. The van der Waals surface area contributed by atoms with Crippen LogP contribution in [0.5, 0.6) is 0 Å². The van der Waals surface area contributed by atoms with Crippen LogP contribution in [0.15, 0.2) is 47.4 Å². The maximum absolute atomic E-state index is 13.8. The van der Waals surface area contributed by atoms with Crippen molar-refractivity contribution in [2.24, 2.45) is 5.92 Å². The predicted octanol–water partition coefficient (Wildman–Crippen LogP) is 5.67. The minimum absolute atomic E-state index is 0.0543. The zero-order valence-electron chi connectivity index (χ0n) is 14.6. The van der Waals surface area contributed by atoms with Crippen molar-refractivity contribution in [3.8, 4) is 11.1 Å². The summed E-state index contributed by atoms with van der Waals surface area (Å²) in [6.07, 6.45) is -2.14. The Bertz CT molecular complexity index is 1110. The summed E-state index contributed by atoms with van der Waals surface area (Å²) in [5.74, 6) is -2.03. The van der Waals surface area contributed by atoms with Crippen molar-refractivity contribution in [1.82, 2.24) is 9.97 Å². The number of allylic oxidation sites excluding steroid dienone is 4. The quantitative estimate of drug-likeness (QED) is 0.332. The Kier molecular flexibility index (Phi) is 5.77. The van der Waals surface area contributed by atoms with Crippen molar-refractivity contribution < 1.29 is 26.0 Å². The molecule has 1 aliphatic carbocycles. The number of hydrogen-bond acceptors (Lipinski definition) is 4. The number of aromatic nitrogens is 2. The maximum Gasteiger partial charge on any atom is 0.451 e. The minimum atomic E-state index is -4.85. The van der Waals surface area contributed by atoms with Gasteiger partial charge in [0.2, 0.25) is 5.82 Å². The Morgan fingerprint density at radius 2 is 1.72 bits per heavy atom. The van der Waals surface area contributed by atoms with Crippen LogP contribution in [0.2, 0.25) is 5.15 Å². The second-order valence-corrected chi connectivity index (χ2v) is 9.23. The molecule has 0 saturated heterocycles. The molecule has 2 atom stereocenters. The smallest absolute Gasteiger partial charge is 0.242 e. The Morgan fingerprint density at radius 1 is 1.10 bits per heavy atom. The molecule has 154 valence electrons. The van der Waals surface area contributed by atoms with Crippen molar-refractivity contribution >= 4 is 36.9 Å². The topological polar surface area (TPSA) is 59.9 Å². The lowest BCUT2D eigenvalue weighted by Gasteiger charge is -2.19. The number of benzene rings is 1. The Hall–Kier alpha value is -1.97. The monoisotopic (exact) mass is 466 g/mol. The maximum atomic E-state index is 13.8. The molecule has 0 N–H and O–H groups in total. The molecule has 1 aromatic carbocycles. The van der Waals surface area contributed by atoms with Crippen LogP contribution in [0.3, 0.4) is 0 Å². The second kappa shape index (κ2) is 7.70. The van der Waals surface area contributed by atoms with Gasteiger partial charge in [0.25, 0.3) is 9.05 Å². The van der Waals surface area contributed by atoms with Gasteiger partial charge >= 0.3 is 6.18 Å². The fourth-order valence-corrected chi connectivity index (χ4v) is 3.82. The molecule has 3 rings (SSSR count). The molecule has 0 spiro atoms. The molecule has 0 amide bonds. The van der Waals surface area contributed by atoms with Gasteiger partial charge in [-0.3, -0.25) is 0 Å². The first-order chi connectivity index (χ1) is 13.4. The number of alkyl halides is 4. The van der Waals surface area contributed by atoms with E-state index in [2.05, 4.69) is 9.97 Å². The second-order valence-electron chi connectivity index (χ2n) is 6.31. The summed E-state index contributed by atoms with van der Waals surface area (Å²) in [6.45, 7) is 1.57. The molecule has 4 nitrogen and oxygen atoms in total. The van der Waals surface area contributed by atoms with Gasteiger partial charge < -0.3 is 0 Å². The van der Waals surface area contributed by atoms with Crippen LogP contribution in [0.1, 0.15) is 18.4 Å². The minimum Gasteiger partial charge on any atom is -0.242 e. The first kappa shape index (κ1) is 21.7. The van der Waals surface area contributed by atoms with Gasteiger partial charge in [0.05, 0.1) is 10.6 Å². The van der Waals surface area contributed by atoms with E-state index in [0.29, 0.717) is 0 Å². The number of hydrogen-bond donors (Lipinski definition) is 0. The largest absolute Gasteiger partial charge is 0.451 e. The molecule has 1 aliphatic rings. The molecule has 2 aromatic rings. The lowest BCUT2D eigenvalue weighted by molar-refractivity contribution is -0.145. The molecule has 2 unspecified atom stereocenters. The van der Waals surface area contributed by atoms with E-state index in [0.717, 1.165) is 0 Å². The van der Waals surface area contributed by atoms with Crippen molar-refractivity contribution in [3.63, 3.8) is 0 Å². The van der Waals surface area contributed by atoms with E-state index in [1.807, 2.05) is 0 Å². The molecular formula is C18H12Cl2F4N2O2S. The highest BCUT2D eigenvalue weighted by molar-refractivity contribution is 8.13. The standard InChI is InChI=1S/C18H12Cl2F4N2O2S/c1-9-8-11(4-7-13(9)21)15-14(16(19)26-17(25-15)18(22,23)24)10-2-5-12(6-3-10)29(20,27)28/h2-9,13H,1H3. The summed E-state index contributed by atoms with van der Waals surface area (Å²) in [5, 5.41) is -0.479. The van der Waals surface area contributed by atoms with Crippen molar-refractivity contribution in [1.29, 1.82) is 0 Å². The van der Waals surface area contributed by atoms with Crippen molar-refractivity contribution in [2.45, 2.75) is 24.2 Å². The molecule has 0 bridgehead atoms. The molecule has 11 heteroatoms. The van der Waals surface area contributed by atoms with Crippen LogP contribution in [0.4, 0.5) is 17.6 Å². The average Bonchev–Trinajstić information content (AvgIpc) is 2.62. The van der Waals surface area contributed by atoms with E-state index in [1.54, 1.807) is 6.92 Å². The normalized spacial score (nSPS) is 19.9. The van der Waals surface area contributed by atoms with Gasteiger partial charge in [-0.1, -0.05) is 42.8 Å². The summed E-state index contributed by atoms with van der Waals surface area (Å²) in [4.78, 5) is 6.77. The molecule has 29 heavy (non-hydrogen) atoms. The first-order valence-electron chi connectivity index (χ1n) is 8.12. The summed E-state index contributed by atoms with van der Waals surface area (Å²) < 4.78 is 76.2. The van der Waals surface area contributed by atoms with Crippen LogP contribution in [0.25, 0.3) is 16.7 Å². The van der Waals surface area contributed by atoms with Crippen molar-refractivity contribution in [3.05, 3.63) is 59.2 Å². The molecule has 1 heterocycles. The number of halogens is 6. The average molecular weight is 467 g/mol. The third-order valence-corrected chi connectivity index (χ3v) is 5.86. The van der Waals surface area contributed by atoms with E-state index in [-0.39, 0.29) is 27.3 Å². The molecule has 0 aliphatic heterocycles. The van der Waals surface area contributed by atoms with Crippen LogP contribution in [-0.4, -0.2) is 24.6 Å². The number of rotatable bonds is 3. The van der Waals surface area contributed by atoms with Gasteiger partial charge in [0.1, 0.15) is 11.3 Å². The predicted molar refractivity (Wildman–Crippen MR) is 102 cm³/mol. The van der Waals surface area contributed by atoms with Crippen LogP contribution < -0.4 is 0 Å². The van der Waals surface area contributed by atoms with Gasteiger partial charge in [-0.05, 0) is 29.3 Å². The highest BCUT2D eigenvalue weighted by Crippen LogP contribution is 2.39. The lowest BCUT2D eigenvalue weighted by atomic mass is 9.91. The molecule has 1 aromatic heterocycles. The van der Waals surface area contributed by atoms with Gasteiger partial charge in [-0.25, -0.2) is 22.8 Å². The molecular weight excluding hydrogens is 455 g/mol. The Balaban J connectivity index is 2.24. The van der Waals surface area contributed by atoms with E-state index in [4.69, 9.17) is 22.3 Å². The zero-order valence-corrected chi connectivity index (χ0v) is 16.9. The van der Waals surface area contributed by atoms with Gasteiger partial charge in [-0.2, -0.15) is 13.2 Å². The lowest BCUT2D eigenvalue weighted by Crippen LogP contribution is -2.15. The van der Waals surface area contributed by atoms with E-state index in [1.165, 1.54) is 42.5 Å². The third kappa shape index (κ3) is 4.62. The van der Waals surface area contributed by atoms with E-state index < -0.39 is 38.3 Å². The van der Waals surface area contributed by atoms with Gasteiger partial charge in [-0.15, -0.1) is 0 Å². The fourth-order valence-electron chi connectivity index (χ4n) is 2.77. The first-order valence-corrected chi connectivity index (χ1v) is 10.8. The fraction of sp³-hybridized carbons (Fsp3) is 0.222. The highest BCUT2D eigenvalue weighted by Gasteiger charge is 2.37. The van der Waals surface area contributed by atoms with Crippen molar-refractivity contribution in [2.75, 3.05) is 0 Å². The van der Waals surface area contributed by atoms with Gasteiger partial charge in [0.15, 0.2) is 0 Å². The molecule has 0 saturated carbocycles. The van der Waals surface area contributed by atoms with Gasteiger partial charge in [0, 0.05) is 22.2 Å². The Labute approximate surface area is 173 Å². The summed E-state index contributed by atoms with van der Waals surface area (Å²) >= 11 is 6.07.